The van der Waals surface area contributed by atoms with Gasteiger partial charge in [-0.25, -0.2) is 9.78 Å². The number of ether oxygens (including phenoxy) is 1. The van der Waals surface area contributed by atoms with E-state index < -0.39 is 5.63 Å². The average Bonchev–Trinajstić information content (AvgIpc) is 2.48. The first kappa shape index (κ1) is 12.9. The lowest BCUT2D eigenvalue weighted by molar-refractivity contribution is 0.414. The summed E-state index contributed by atoms with van der Waals surface area (Å²) in [5.74, 6) is 0.964. The monoisotopic (exact) mass is 331 g/mol. The number of rotatable bonds is 2. The zero-order valence-corrected chi connectivity index (χ0v) is 12.2. The number of benzene rings is 2. The summed E-state index contributed by atoms with van der Waals surface area (Å²) in [4.78, 5) is 16.4. The zero-order chi connectivity index (χ0) is 14.1. The Balaban J connectivity index is 2.22. The van der Waals surface area contributed by atoms with Crippen molar-refractivity contribution in [2.75, 3.05) is 7.11 Å². The van der Waals surface area contributed by atoms with Gasteiger partial charge in [0.25, 0.3) is 0 Å². The Morgan fingerprint density at radius 2 is 2.05 bits per heavy atom. The summed E-state index contributed by atoms with van der Waals surface area (Å²) in [7, 11) is 1.58. The molecular formula is C15H10BrNO3. The van der Waals surface area contributed by atoms with Crippen molar-refractivity contribution in [1.29, 1.82) is 0 Å². The fraction of sp³-hybridized carbons (Fsp3) is 0.0667. The topological polar surface area (TPSA) is 52.3 Å². The van der Waals surface area contributed by atoms with Crippen molar-refractivity contribution in [2.45, 2.75) is 0 Å². The van der Waals surface area contributed by atoms with Gasteiger partial charge in [0.1, 0.15) is 5.75 Å². The largest absolute Gasteiger partial charge is 0.497 e. The molecule has 0 amide bonds. The van der Waals surface area contributed by atoms with Crippen LogP contribution < -0.4 is 10.4 Å². The number of methoxy groups -OCH3 is 1. The molecule has 100 valence electrons. The van der Waals surface area contributed by atoms with Crippen LogP contribution in [-0.4, -0.2) is 12.1 Å². The van der Waals surface area contributed by atoms with Gasteiger partial charge in [0, 0.05) is 10.0 Å². The Hall–Kier alpha value is -2.14. The number of fused-ring (bicyclic) bond motifs is 1. The quantitative estimate of drug-likeness (QED) is 0.719. The predicted molar refractivity (Wildman–Crippen MR) is 80.0 cm³/mol. The molecule has 0 saturated heterocycles. The van der Waals surface area contributed by atoms with E-state index in [0.717, 1.165) is 4.47 Å². The Kier molecular flexibility index (Phi) is 3.28. The third-order valence-corrected chi connectivity index (χ3v) is 3.40. The lowest BCUT2D eigenvalue weighted by atomic mass is 10.2. The maximum absolute atomic E-state index is 12.0. The number of hydrogen-bond donors (Lipinski definition) is 0. The summed E-state index contributed by atoms with van der Waals surface area (Å²) < 4.78 is 11.3. The fourth-order valence-electron chi connectivity index (χ4n) is 1.92. The van der Waals surface area contributed by atoms with Crippen LogP contribution in [0.5, 0.6) is 5.75 Å². The van der Waals surface area contributed by atoms with E-state index in [0.29, 0.717) is 22.2 Å². The van der Waals surface area contributed by atoms with Crippen molar-refractivity contribution in [2.24, 2.45) is 0 Å². The summed E-state index contributed by atoms with van der Waals surface area (Å²) in [6.07, 6.45) is 0. The minimum Gasteiger partial charge on any atom is -0.497 e. The van der Waals surface area contributed by atoms with Crippen molar-refractivity contribution in [3.63, 3.8) is 0 Å². The Morgan fingerprint density at radius 1 is 1.20 bits per heavy atom. The molecule has 1 aromatic heterocycles. The molecule has 3 aromatic rings. The third-order valence-electron chi connectivity index (χ3n) is 2.91. The molecule has 0 bridgehead atoms. The van der Waals surface area contributed by atoms with Crippen LogP contribution in [0.2, 0.25) is 0 Å². The smallest absolute Gasteiger partial charge is 0.347 e. The second kappa shape index (κ2) is 5.09. The highest BCUT2D eigenvalue weighted by molar-refractivity contribution is 9.10. The molecule has 0 aliphatic rings. The van der Waals surface area contributed by atoms with E-state index in [9.17, 15) is 4.79 Å². The molecule has 1 heterocycles. The molecule has 20 heavy (non-hydrogen) atoms. The summed E-state index contributed by atoms with van der Waals surface area (Å²) in [6, 6.07) is 12.5. The molecule has 0 unspecified atom stereocenters. The van der Waals surface area contributed by atoms with E-state index in [-0.39, 0.29) is 5.89 Å². The van der Waals surface area contributed by atoms with Crippen molar-refractivity contribution < 1.29 is 9.15 Å². The van der Waals surface area contributed by atoms with E-state index >= 15 is 0 Å². The molecule has 0 N–H and O–H groups in total. The van der Waals surface area contributed by atoms with Crippen molar-refractivity contribution in [3.8, 4) is 17.2 Å². The van der Waals surface area contributed by atoms with E-state index in [1.165, 1.54) is 0 Å². The molecule has 4 nitrogen and oxygen atoms in total. The zero-order valence-electron chi connectivity index (χ0n) is 10.6. The van der Waals surface area contributed by atoms with Gasteiger partial charge in [-0.3, -0.25) is 0 Å². The standard InChI is InChI=1S/C15H10BrNO3/c1-19-11-4-2-3-9(7-11)14-17-13-6-5-10(16)8-12(13)15(18)20-14/h2-8H,1H3. The molecule has 0 spiro atoms. The fourth-order valence-corrected chi connectivity index (χ4v) is 2.28. The highest BCUT2D eigenvalue weighted by Gasteiger charge is 2.09. The average molecular weight is 332 g/mol. The van der Waals surface area contributed by atoms with Gasteiger partial charge in [0.15, 0.2) is 0 Å². The van der Waals surface area contributed by atoms with Crippen LogP contribution in [0, 0.1) is 0 Å². The second-order valence-corrected chi connectivity index (χ2v) is 5.12. The van der Waals surface area contributed by atoms with Gasteiger partial charge in [-0.15, -0.1) is 0 Å². The van der Waals surface area contributed by atoms with E-state index in [1.54, 1.807) is 25.3 Å². The lowest BCUT2D eigenvalue weighted by Crippen LogP contribution is -2.03. The molecule has 0 saturated carbocycles. The van der Waals surface area contributed by atoms with Crippen molar-refractivity contribution in [3.05, 3.63) is 57.4 Å². The number of halogens is 1. The maximum atomic E-state index is 12.0. The van der Waals surface area contributed by atoms with E-state index in [1.807, 2.05) is 24.3 Å². The van der Waals surface area contributed by atoms with Gasteiger partial charge in [-0.1, -0.05) is 22.0 Å². The van der Waals surface area contributed by atoms with E-state index in [4.69, 9.17) is 9.15 Å². The highest BCUT2D eigenvalue weighted by Crippen LogP contribution is 2.23. The molecule has 0 fully saturated rings. The lowest BCUT2D eigenvalue weighted by Gasteiger charge is -2.04. The Bertz CT molecular complexity index is 842. The van der Waals surface area contributed by atoms with Crippen molar-refractivity contribution in [1.82, 2.24) is 4.98 Å². The first-order chi connectivity index (χ1) is 9.67. The van der Waals surface area contributed by atoms with Gasteiger partial charge in [0.2, 0.25) is 5.89 Å². The van der Waals surface area contributed by atoms with Gasteiger partial charge >= 0.3 is 5.63 Å². The summed E-state index contributed by atoms with van der Waals surface area (Å²) >= 11 is 3.32. The second-order valence-electron chi connectivity index (χ2n) is 4.20. The first-order valence-corrected chi connectivity index (χ1v) is 6.71. The molecule has 5 heteroatoms. The number of hydrogen-bond acceptors (Lipinski definition) is 4. The van der Waals surface area contributed by atoms with Crippen LogP contribution >= 0.6 is 15.9 Å². The Labute approximate surface area is 123 Å². The summed E-state index contributed by atoms with van der Waals surface area (Å²) in [5, 5.41) is 0.450. The minimum absolute atomic E-state index is 0.281. The predicted octanol–water partition coefficient (Wildman–Crippen LogP) is 3.63. The normalized spacial score (nSPS) is 10.7. The molecule has 0 aliphatic carbocycles. The summed E-state index contributed by atoms with van der Waals surface area (Å²) in [6.45, 7) is 0. The van der Waals surface area contributed by atoms with Crippen LogP contribution in [0.25, 0.3) is 22.4 Å². The minimum atomic E-state index is -0.408. The Morgan fingerprint density at radius 3 is 2.85 bits per heavy atom. The molecule has 2 aromatic carbocycles. The highest BCUT2D eigenvalue weighted by atomic mass is 79.9. The number of nitrogens with zero attached hydrogens (tertiary/aromatic N) is 1. The van der Waals surface area contributed by atoms with Gasteiger partial charge in [0.05, 0.1) is 18.0 Å². The van der Waals surface area contributed by atoms with E-state index in [2.05, 4.69) is 20.9 Å². The van der Waals surface area contributed by atoms with Gasteiger partial charge in [-0.05, 0) is 36.4 Å². The molecular weight excluding hydrogens is 322 g/mol. The molecule has 0 radical (unpaired) electrons. The summed E-state index contributed by atoms with van der Waals surface area (Å²) in [5.41, 5.74) is 0.891. The van der Waals surface area contributed by atoms with Crippen LogP contribution in [0.4, 0.5) is 0 Å². The maximum Gasteiger partial charge on any atom is 0.347 e. The van der Waals surface area contributed by atoms with Crippen LogP contribution in [0.3, 0.4) is 0 Å². The first-order valence-electron chi connectivity index (χ1n) is 5.92. The van der Waals surface area contributed by atoms with Crippen molar-refractivity contribution >= 4 is 26.8 Å². The number of aromatic nitrogens is 1. The SMILES string of the molecule is COc1cccc(-c2nc3ccc(Br)cc3c(=O)o2)c1. The third kappa shape index (κ3) is 2.32. The van der Waals surface area contributed by atoms with Crippen LogP contribution in [-0.2, 0) is 0 Å². The van der Waals surface area contributed by atoms with Crippen LogP contribution in [0.15, 0.2) is 56.1 Å². The van der Waals surface area contributed by atoms with Crippen LogP contribution in [0.1, 0.15) is 0 Å². The molecule has 0 aliphatic heterocycles. The molecule has 0 atom stereocenters. The van der Waals surface area contributed by atoms with Gasteiger partial charge < -0.3 is 9.15 Å². The molecule has 3 rings (SSSR count). The van der Waals surface area contributed by atoms with Gasteiger partial charge in [-0.2, -0.15) is 0 Å².